The standard InChI is InChI=1S/C23H30N4O9S/c1-35-22(36-2)12-14-26(37(33,34)18-10-8-17(9-11-18)27(31)32)16-21(29)25-20-7-4-3-6-19(20)23(30)24-13-5-15-28/h3-4,6-11,22,28H,5,12-16H2,1-2H3,(H,24,30)(H,25,29). The Bertz CT molecular complexity index is 1170. The summed E-state index contributed by atoms with van der Waals surface area (Å²) in [4.78, 5) is 35.5. The molecular formula is C23H30N4O9S. The van der Waals surface area contributed by atoms with E-state index in [0.29, 0.717) is 6.42 Å². The molecular weight excluding hydrogens is 508 g/mol. The van der Waals surface area contributed by atoms with Crippen LogP contribution in [-0.2, 0) is 24.3 Å². The molecule has 0 aliphatic heterocycles. The van der Waals surface area contributed by atoms with Crippen LogP contribution in [0.15, 0.2) is 53.4 Å². The average Bonchev–Trinajstić information content (AvgIpc) is 2.88. The molecule has 0 spiro atoms. The lowest BCUT2D eigenvalue weighted by molar-refractivity contribution is -0.384. The number of non-ortho nitro benzene ring substituents is 1. The van der Waals surface area contributed by atoms with E-state index in [4.69, 9.17) is 14.6 Å². The first-order chi connectivity index (χ1) is 17.6. The molecule has 0 aromatic heterocycles. The molecule has 2 amide bonds. The second kappa shape index (κ2) is 14.3. The summed E-state index contributed by atoms with van der Waals surface area (Å²) in [6.07, 6.45) is -0.281. The highest BCUT2D eigenvalue weighted by Crippen LogP contribution is 2.21. The summed E-state index contributed by atoms with van der Waals surface area (Å²) < 4.78 is 37.8. The summed E-state index contributed by atoms with van der Waals surface area (Å²) in [5, 5.41) is 25.0. The Morgan fingerprint density at radius 3 is 2.35 bits per heavy atom. The number of nitro groups is 1. The molecule has 2 rings (SSSR count). The van der Waals surface area contributed by atoms with Gasteiger partial charge in [-0.05, 0) is 30.7 Å². The van der Waals surface area contributed by atoms with Crippen LogP contribution in [0.25, 0.3) is 0 Å². The van der Waals surface area contributed by atoms with Crippen molar-refractivity contribution in [2.45, 2.75) is 24.0 Å². The van der Waals surface area contributed by atoms with Gasteiger partial charge in [-0.3, -0.25) is 19.7 Å². The molecule has 0 saturated heterocycles. The molecule has 0 aliphatic rings. The number of rotatable bonds is 15. The smallest absolute Gasteiger partial charge is 0.269 e. The van der Waals surface area contributed by atoms with E-state index in [9.17, 15) is 28.1 Å². The van der Waals surface area contributed by atoms with Gasteiger partial charge < -0.3 is 25.2 Å². The number of aliphatic hydroxyl groups is 1. The van der Waals surface area contributed by atoms with Crippen LogP contribution in [-0.4, -0.2) is 81.3 Å². The van der Waals surface area contributed by atoms with E-state index < -0.39 is 39.6 Å². The van der Waals surface area contributed by atoms with Gasteiger partial charge in [0.25, 0.3) is 11.6 Å². The van der Waals surface area contributed by atoms with Crippen molar-refractivity contribution in [3.63, 3.8) is 0 Å². The summed E-state index contributed by atoms with van der Waals surface area (Å²) >= 11 is 0. The minimum Gasteiger partial charge on any atom is -0.396 e. The van der Waals surface area contributed by atoms with Gasteiger partial charge in [0.1, 0.15) is 0 Å². The fourth-order valence-electron chi connectivity index (χ4n) is 3.27. The minimum absolute atomic E-state index is 0.0925. The zero-order valence-corrected chi connectivity index (χ0v) is 21.3. The van der Waals surface area contributed by atoms with Crippen molar-refractivity contribution >= 4 is 33.2 Å². The number of ether oxygens (including phenoxy) is 2. The number of sulfonamides is 1. The number of methoxy groups -OCH3 is 2. The molecule has 2 aromatic carbocycles. The van der Waals surface area contributed by atoms with E-state index in [0.717, 1.165) is 28.6 Å². The molecule has 202 valence electrons. The van der Waals surface area contributed by atoms with E-state index in [1.165, 1.54) is 26.4 Å². The largest absolute Gasteiger partial charge is 0.396 e. The van der Waals surface area contributed by atoms with E-state index in [-0.39, 0.29) is 48.0 Å². The highest BCUT2D eigenvalue weighted by molar-refractivity contribution is 7.89. The first kappa shape index (κ1) is 29.8. The Morgan fingerprint density at radius 2 is 1.76 bits per heavy atom. The molecule has 0 radical (unpaired) electrons. The van der Waals surface area contributed by atoms with Gasteiger partial charge in [-0.2, -0.15) is 4.31 Å². The normalized spacial score (nSPS) is 11.5. The van der Waals surface area contributed by atoms with E-state index in [1.54, 1.807) is 12.1 Å². The highest BCUT2D eigenvalue weighted by atomic mass is 32.2. The number of hydrogen-bond donors (Lipinski definition) is 3. The van der Waals surface area contributed by atoms with Crippen LogP contribution in [0.5, 0.6) is 0 Å². The maximum atomic E-state index is 13.3. The molecule has 0 saturated carbocycles. The SMILES string of the molecule is COC(CCN(CC(=O)Nc1ccccc1C(=O)NCCCO)S(=O)(=O)c1ccc([N+](=O)[O-])cc1)OC. The Kier molecular flexibility index (Phi) is 11.6. The number of hydrogen-bond acceptors (Lipinski definition) is 9. The van der Waals surface area contributed by atoms with Gasteiger partial charge in [0.05, 0.1) is 27.6 Å². The summed E-state index contributed by atoms with van der Waals surface area (Å²) in [5.74, 6) is -1.18. The van der Waals surface area contributed by atoms with Crippen molar-refractivity contribution in [3.05, 3.63) is 64.2 Å². The fraction of sp³-hybridized carbons (Fsp3) is 0.391. The van der Waals surface area contributed by atoms with Crippen molar-refractivity contribution in [2.75, 3.05) is 45.8 Å². The van der Waals surface area contributed by atoms with Gasteiger partial charge in [-0.15, -0.1) is 0 Å². The van der Waals surface area contributed by atoms with Crippen LogP contribution in [0.4, 0.5) is 11.4 Å². The summed E-state index contributed by atoms with van der Waals surface area (Å²) in [6, 6.07) is 10.5. The number of carbonyl (C=O) groups is 2. The van der Waals surface area contributed by atoms with Crippen molar-refractivity contribution in [1.29, 1.82) is 0 Å². The lowest BCUT2D eigenvalue weighted by Crippen LogP contribution is -2.40. The van der Waals surface area contributed by atoms with Gasteiger partial charge in [0, 0.05) is 52.5 Å². The van der Waals surface area contributed by atoms with Crippen LogP contribution in [0.2, 0.25) is 0 Å². The molecule has 0 unspecified atom stereocenters. The number of anilines is 1. The number of nitrogens with one attached hydrogen (secondary N) is 2. The summed E-state index contributed by atoms with van der Waals surface area (Å²) in [6.45, 7) is -0.633. The average molecular weight is 539 g/mol. The van der Waals surface area contributed by atoms with Crippen molar-refractivity contribution in [2.24, 2.45) is 0 Å². The maximum absolute atomic E-state index is 13.3. The van der Waals surface area contributed by atoms with Gasteiger partial charge in [0.15, 0.2) is 6.29 Å². The molecule has 13 nitrogen and oxygen atoms in total. The first-order valence-electron chi connectivity index (χ1n) is 11.2. The van der Waals surface area contributed by atoms with E-state index in [2.05, 4.69) is 10.6 Å². The Balaban J connectivity index is 2.26. The van der Waals surface area contributed by atoms with E-state index in [1.807, 2.05) is 0 Å². The van der Waals surface area contributed by atoms with Crippen LogP contribution < -0.4 is 10.6 Å². The molecule has 2 aromatic rings. The number of aliphatic hydroxyl groups excluding tert-OH is 1. The molecule has 0 atom stereocenters. The van der Waals surface area contributed by atoms with Crippen LogP contribution >= 0.6 is 0 Å². The summed E-state index contributed by atoms with van der Waals surface area (Å²) in [5.41, 5.74) is 0.0571. The monoisotopic (exact) mass is 538 g/mol. The number of carbonyl (C=O) groups excluding carboxylic acids is 2. The third-order valence-electron chi connectivity index (χ3n) is 5.21. The second-order valence-corrected chi connectivity index (χ2v) is 9.64. The molecule has 3 N–H and O–H groups in total. The van der Waals surface area contributed by atoms with Crippen LogP contribution in [0.1, 0.15) is 23.2 Å². The number of para-hydroxylation sites is 1. The number of amides is 2. The molecule has 14 heteroatoms. The Hall–Kier alpha value is -3.43. The van der Waals surface area contributed by atoms with Gasteiger partial charge in [-0.1, -0.05) is 12.1 Å². The Labute approximate surface area is 214 Å². The third kappa shape index (κ3) is 8.58. The molecule has 0 heterocycles. The van der Waals surface area contributed by atoms with Crippen molar-refractivity contribution in [3.8, 4) is 0 Å². The lowest BCUT2D eigenvalue weighted by Gasteiger charge is -2.24. The van der Waals surface area contributed by atoms with E-state index >= 15 is 0 Å². The predicted molar refractivity (Wildman–Crippen MR) is 133 cm³/mol. The van der Waals surface area contributed by atoms with Gasteiger partial charge >= 0.3 is 0 Å². The number of nitro benzene ring substituents is 1. The molecule has 37 heavy (non-hydrogen) atoms. The first-order valence-corrected chi connectivity index (χ1v) is 12.7. The second-order valence-electron chi connectivity index (χ2n) is 7.71. The quantitative estimate of drug-likeness (QED) is 0.131. The van der Waals surface area contributed by atoms with Crippen molar-refractivity contribution in [1.82, 2.24) is 9.62 Å². The third-order valence-corrected chi connectivity index (χ3v) is 7.07. The van der Waals surface area contributed by atoms with Crippen LogP contribution in [0, 0.1) is 10.1 Å². The minimum atomic E-state index is -4.25. The maximum Gasteiger partial charge on any atom is 0.269 e. The zero-order valence-electron chi connectivity index (χ0n) is 20.5. The number of nitrogens with zero attached hydrogens (tertiary/aromatic N) is 2. The van der Waals surface area contributed by atoms with Crippen LogP contribution in [0.3, 0.4) is 0 Å². The topological polar surface area (TPSA) is 177 Å². The Morgan fingerprint density at radius 1 is 1.11 bits per heavy atom. The lowest BCUT2D eigenvalue weighted by atomic mass is 10.1. The van der Waals surface area contributed by atoms with Crippen molar-refractivity contribution < 1.29 is 37.5 Å². The highest BCUT2D eigenvalue weighted by Gasteiger charge is 2.28. The van der Waals surface area contributed by atoms with Gasteiger partial charge in [0.2, 0.25) is 15.9 Å². The summed E-state index contributed by atoms with van der Waals surface area (Å²) in [7, 11) is -1.47. The fourth-order valence-corrected chi connectivity index (χ4v) is 4.68. The zero-order chi connectivity index (χ0) is 27.4. The van der Waals surface area contributed by atoms with Gasteiger partial charge in [-0.25, -0.2) is 8.42 Å². The predicted octanol–water partition coefficient (Wildman–Crippen LogP) is 1.35. The molecule has 0 bridgehead atoms. The number of benzene rings is 2. The molecule has 0 aliphatic carbocycles. The molecule has 0 fully saturated rings.